The molecule has 4 rings (SSSR count). The molecule has 0 aliphatic carbocycles. The maximum Gasteiger partial charge on any atom is 0.317 e. The lowest BCUT2D eigenvalue weighted by Crippen LogP contribution is -2.54. The van der Waals surface area contributed by atoms with Crippen molar-refractivity contribution < 1.29 is 9.59 Å². The van der Waals surface area contributed by atoms with Crippen LogP contribution in [0.4, 0.5) is 16.3 Å². The van der Waals surface area contributed by atoms with Crippen LogP contribution in [0.3, 0.4) is 0 Å². The van der Waals surface area contributed by atoms with Crippen molar-refractivity contribution in [1.29, 1.82) is 0 Å². The van der Waals surface area contributed by atoms with Gasteiger partial charge in [0.05, 0.1) is 12.2 Å². The van der Waals surface area contributed by atoms with Gasteiger partial charge in [-0.15, -0.1) is 0 Å². The van der Waals surface area contributed by atoms with Crippen molar-refractivity contribution in [3.8, 4) is 0 Å². The van der Waals surface area contributed by atoms with Crippen LogP contribution in [0.5, 0.6) is 0 Å². The van der Waals surface area contributed by atoms with Gasteiger partial charge in [0.2, 0.25) is 5.91 Å². The quantitative estimate of drug-likeness (QED) is 0.871. The number of rotatable bonds is 3. The number of urea groups is 1. The van der Waals surface area contributed by atoms with Crippen molar-refractivity contribution in [1.82, 2.24) is 20.2 Å². The Kier molecular flexibility index (Phi) is 5.10. The minimum Gasteiger partial charge on any atom is -0.352 e. The van der Waals surface area contributed by atoms with Crippen molar-refractivity contribution >= 4 is 23.4 Å². The van der Waals surface area contributed by atoms with Crippen LogP contribution in [0.2, 0.25) is 0 Å². The van der Waals surface area contributed by atoms with Gasteiger partial charge in [-0.3, -0.25) is 9.78 Å². The van der Waals surface area contributed by atoms with E-state index in [2.05, 4.69) is 20.2 Å². The molecule has 1 atom stereocenters. The average Bonchev–Trinajstić information content (AvgIpc) is 3.09. The molecule has 1 N–H and O–H groups in total. The first-order valence-electron chi connectivity index (χ1n) is 9.53. The Morgan fingerprint density at radius 1 is 1.11 bits per heavy atom. The van der Waals surface area contributed by atoms with E-state index in [-0.39, 0.29) is 18.0 Å². The Labute approximate surface area is 164 Å². The number of benzene rings is 1. The topological polar surface area (TPSA) is 81.7 Å². The molecule has 2 aliphatic rings. The van der Waals surface area contributed by atoms with Crippen LogP contribution in [0.15, 0.2) is 42.9 Å². The molecule has 8 heteroatoms. The van der Waals surface area contributed by atoms with Crippen molar-refractivity contribution in [2.45, 2.75) is 19.4 Å². The van der Waals surface area contributed by atoms with Gasteiger partial charge in [-0.05, 0) is 19.1 Å². The summed E-state index contributed by atoms with van der Waals surface area (Å²) in [6.45, 7) is 5.18. The fourth-order valence-corrected chi connectivity index (χ4v) is 3.64. The minimum absolute atomic E-state index is 0.0432. The van der Waals surface area contributed by atoms with Gasteiger partial charge in [-0.2, -0.15) is 0 Å². The lowest BCUT2D eigenvalue weighted by molar-refractivity contribution is -0.117. The summed E-state index contributed by atoms with van der Waals surface area (Å²) in [4.78, 5) is 39.1. The Bertz CT molecular complexity index is 834. The molecule has 2 aromatic rings. The number of anilines is 2. The van der Waals surface area contributed by atoms with E-state index in [0.717, 1.165) is 17.1 Å². The Balaban J connectivity index is 1.30. The van der Waals surface area contributed by atoms with Crippen molar-refractivity contribution in [3.63, 3.8) is 0 Å². The number of hydrogen-bond acceptors (Lipinski definition) is 5. The first-order valence-corrected chi connectivity index (χ1v) is 9.53. The third-order valence-corrected chi connectivity index (χ3v) is 5.24. The van der Waals surface area contributed by atoms with E-state index in [1.54, 1.807) is 28.4 Å². The lowest BCUT2D eigenvalue weighted by atomic mass is 10.2. The molecule has 1 aromatic heterocycles. The number of hydrogen-bond donors (Lipinski definition) is 1. The molecular formula is C20H24N6O2. The molecule has 0 saturated carbocycles. The molecule has 2 saturated heterocycles. The maximum atomic E-state index is 12.6. The SMILES string of the molecule is Cc1ccc(N2C[C@@H](NC(=O)N3CCN(c4cnccn4)CC3)CC2=O)cc1. The van der Waals surface area contributed by atoms with Crippen LogP contribution in [-0.2, 0) is 4.79 Å². The number of nitrogens with zero attached hydrogens (tertiary/aromatic N) is 5. The number of amides is 3. The third kappa shape index (κ3) is 3.90. The molecular weight excluding hydrogens is 356 g/mol. The van der Waals surface area contributed by atoms with Crippen LogP contribution in [0, 0.1) is 6.92 Å². The molecule has 2 aliphatic heterocycles. The molecule has 1 aromatic carbocycles. The molecule has 146 valence electrons. The number of aromatic nitrogens is 2. The fourth-order valence-electron chi connectivity index (χ4n) is 3.64. The first kappa shape index (κ1) is 18.2. The van der Waals surface area contributed by atoms with Crippen LogP contribution in [-0.4, -0.2) is 65.6 Å². The molecule has 0 bridgehead atoms. The molecule has 0 radical (unpaired) electrons. The van der Waals surface area contributed by atoms with Gasteiger partial charge in [0, 0.05) is 57.2 Å². The van der Waals surface area contributed by atoms with Crippen LogP contribution >= 0.6 is 0 Å². The molecule has 3 amide bonds. The van der Waals surface area contributed by atoms with Crippen LogP contribution < -0.4 is 15.1 Å². The van der Waals surface area contributed by atoms with E-state index in [0.29, 0.717) is 39.1 Å². The third-order valence-electron chi connectivity index (χ3n) is 5.24. The minimum atomic E-state index is -0.167. The second-order valence-electron chi connectivity index (χ2n) is 7.23. The number of piperazine rings is 1. The summed E-state index contributed by atoms with van der Waals surface area (Å²) in [6, 6.07) is 7.60. The zero-order valence-corrected chi connectivity index (χ0v) is 15.9. The summed E-state index contributed by atoms with van der Waals surface area (Å²) in [6.07, 6.45) is 5.39. The largest absolute Gasteiger partial charge is 0.352 e. The number of carbonyl (C=O) groups excluding carboxylic acids is 2. The Morgan fingerprint density at radius 2 is 1.86 bits per heavy atom. The van der Waals surface area contributed by atoms with Crippen LogP contribution in [0.1, 0.15) is 12.0 Å². The molecule has 28 heavy (non-hydrogen) atoms. The predicted molar refractivity (Wildman–Crippen MR) is 106 cm³/mol. The standard InChI is InChI=1S/C20H24N6O2/c1-15-2-4-17(5-3-15)26-14-16(12-19(26)27)23-20(28)25-10-8-24(9-11-25)18-13-21-6-7-22-18/h2-7,13,16H,8-12,14H2,1H3,(H,23,28)/t16-/m0/s1. The summed E-state index contributed by atoms with van der Waals surface area (Å²) in [5.74, 6) is 0.874. The van der Waals surface area contributed by atoms with Gasteiger partial charge in [0.1, 0.15) is 5.82 Å². The smallest absolute Gasteiger partial charge is 0.317 e. The molecule has 8 nitrogen and oxygen atoms in total. The van der Waals surface area contributed by atoms with E-state index in [4.69, 9.17) is 0 Å². The zero-order chi connectivity index (χ0) is 19.5. The van der Waals surface area contributed by atoms with Gasteiger partial charge in [0.25, 0.3) is 0 Å². The molecule has 2 fully saturated rings. The predicted octanol–water partition coefficient (Wildman–Crippen LogP) is 1.42. The number of nitrogens with one attached hydrogen (secondary N) is 1. The Morgan fingerprint density at radius 3 is 2.54 bits per heavy atom. The van der Waals surface area contributed by atoms with E-state index in [1.165, 1.54) is 0 Å². The number of aryl methyl sites for hydroxylation is 1. The normalized spacial score (nSPS) is 19.8. The van der Waals surface area contributed by atoms with E-state index in [9.17, 15) is 9.59 Å². The summed E-state index contributed by atoms with van der Waals surface area (Å²) >= 11 is 0. The molecule has 0 unspecified atom stereocenters. The summed E-state index contributed by atoms with van der Waals surface area (Å²) in [5, 5.41) is 3.02. The van der Waals surface area contributed by atoms with E-state index >= 15 is 0 Å². The van der Waals surface area contributed by atoms with Crippen molar-refractivity contribution in [3.05, 3.63) is 48.4 Å². The average molecular weight is 380 g/mol. The highest BCUT2D eigenvalue weighted by Gasteiger charge is 2.33. The van der Waals surface area contributed by atoms with Gasteiger partial charge in [-0.1, -0.05) is 17.7 Å². The monoisotopic (exact) mass is 380 g/mol. The summed E-state index contributed by atoms with van der Waals surface area (Å²) in [7, 11) is 0. The second-order valence-corrected chi connectivity index (χ2v) is 7.23. The highest BCUT2D eigenvalue weighted by molar-refractivity contribution is 5.96. The number of carbonyl (C=O) groups is 2. The van der Waals surface area contributed by atoms with E-state index in [1.807, 2.05) is 31.2 Å². The highest BCUT2D eigenvalue weighted by atomic mass is 16.2. The second kappa shape index (κ2) is 7.84. The van der Waals surface area contributed by atoms with Gasteiger partial charge >= 0.3 is 6.03 Å². The van der Waals surface area contributed by atoms with Gasteiger partial charge < -0.3 is 20.0 Å². The lowest BCUT2D eigenvalue weighted by Gasteiger charge is -2.35. The highest BCUT2D eigenvalue weighted by Crippen LogP contribution is 2.22. The van der Waals surface area contributed by atoms with E-state index < -0.39 is 0 Å². The Hall–Kier alpha value is -3.16. The fraction of sp³-hybridized carbons (Fsp3) is 0.400. The molecule has 3 heterocycles. The maximum absolute atomic E-state index is 12.6. The molecule has 0 spiro atoms. The van der Waals surface area contributed by atoms with Crippen molar-refractivity contribution in [2.24, 2.45) is 0 Å². The van der Waals surface area contributed by atoms with Gasteiger partial charge in [0.15, 0.2) is 0 Å². The first-order chi connectivity index (χ1) is 13.6. The summed E-state index contributed by atoms with van der Waals surface area (Å²) < 4.78 is 0. The zero-order valence-electron chi connectivity index (χ0n) is 15.9. The van der Waals surface area contributed by atoms with Gasteiger partial charge in [-0.25, -0.2) is 9.78 Å². The van der Waals surface area contributed by atoms with Crippen molar-refractivity contribution in [2.75, 3.05) is 42.5 Å². The van der Waals surface area contributed by atoms with Crippen LogP contribution in [0.25, 0.3) is 0 Å². The summed E-state index contributed by atoms with van der Waals surface area (Å²) in [5.41, 5.74) is 2.03.